The highest BCUT2D eigenvalue weighted by atomic mass is 32.2. The standard InChI is InChI=1S/C24H32N2O2S2/c1-5-7-8-9-15-26(14-6-2)30(27,28)24-17-21(18-25)12-13-22(24)29-23-16-19(3)10-11-20(23)4/h10-13,16-17H,5-9,14-15H2,1-4H3. The molecule has 0 fully saturated rings. The second kappa shape index (κ2) is 11.5. The second-order valence-electron chi connectivity index (χ2n) is 7.61. The second-order valence-corrected chi connectivity index (χ2v) is 10.6. The summed E-state index contributed by atoms with van der Waals surface area (Å²) in [4.78, 5) is 1.93. The average molecular weight is 445 g/mol. The minimum atomic E-state index is -3.70. The molecule has 0 saturated carbocycles. The van der Waals surface area contributed by atoms with E-state index in [2.05, 4.69) is 25.1 Å². The van der Waals surface area contributed by atoms with E-state index in [1.807, 2.05) is 26.8 Å². The van der Waals surface area contributed by atoms with Crippen molar-refractivity contribution in [2.24, 2.45) is 0 Å². The first-order chi connectivity index (χ1) is 14.3. The van der Waals surface area contributed by atoms with E-state index >= 15 is 0 Å². The molecule has 0 bridgehead atoms. The molecular weight excluding hydrogens is 412 g/mol. The van der Waals surface area contributed by atoms with Crippen molar-refractivity contribution in [2.45, 2.75) is 74.5 Å². The minimum Gasteiger partial charge on any atom is -0.207 e. The van der Waals surface area contributed by atoms with Crippen molar-refractivity contribution in [3.63, 3.8) is 0 Å². The highest BCUT2D eigenvalue weighted by molar-refractivity contribution is 8.00. The summed E-state index contributed by atoms with van der Waals surface area (Å²) in [6.07, 6.45) is 4.85. The molecule has 0 spiro atoms. The van der Waals surface area contributed by atoms with E-state index in [1.54, 1.807) is 16.4 Å². The molecule has 0 N–H and O–H groups in total. The topological polar surface area (TPSA) is 61.2 Å². The summed E-state index contributed by atoms with van der Waals surface area (Å²) in [5.74, 6) is 0. The Hall–Kier alpha value is -1.81. The van der Waals surface area contributed by atoms with Crippen LogP contribution in [0.25, 0.3) is 0 Å². The normalized spacial score (nSPS) is 11.6. The van der Waals surface area contributed by atoms with Crippen LogP contribution in [0.4, 0.5) is 0 Å². The molecule has 0 aliphatic rings. The summed E-state index contributed by atoms with van der Waals surface area (Å²) < 4.78 is 28.8. The van der Waals surface area contributed by atoms with Gasteiger partial charge in [0, 0.05) is 22.9 Å². The van der Waals surface area contributed by atoms with Gasteiger partial charge in [-0.1, -0.05) is 57.0 Å². The first-order valence-corrected chi connectivity index (χ1v) is 12.9. The van der Waals surface area contributed by atoms with Crippen molar-refractivity contribution >= 4 is 21.8 Å². The van der Waals surface area contributed by atoms with Crippen LogP contribution in [0, 0.1) is 25.2 Å². The molecule has 0 atom stereocenters. The van der Waals surface area contributed by atoms with Gasteiger partial charge in [0.25, 0.3) is 0 Å². The molecule has 162 valence electrons. The molecule has 0 unspecified atom stereocenters. The van der Waals surface area contributed by atoms with Crippen LogP contribution in [-0.2, 0) is 10.0 Å². The molecule has 0 aromatic heterocycles. The van der Waals surface area contributed by atoms with Gasteiger partial charge in [-0.2, -0.15) is 9.57 Å². The van der Waals surface area contributed by atoms with Gasteiger partial charge < -0.3 is 0 Å². The molecule has 6 heteroatoms. The zero-order chi connectivity index (χ0) is 22.1. The minimum absolute atomic E-state index is 0.233. The zero-order valence-corrected chi connectivity index (χ0v) is 20.1. The Bertz CT molecular complexity index is 995. The summed E-state index contributed by atoms with van der Waals surface area (Å²) in [5.41, 5.74) is 2.59. The quantitative estimate of drug-likeness (QED) is 0.381. The van der Waals surface area contributed by atoms with E-state index < -0.39 is 10.0 Å². The van der Waals surface area contributed by atoms with Crippen molar-refractivity contribution in [2.75, 3.05) is 13.1 Å². The van der Waals surface area contributed by atoms with Crippen LogP contribution in [0.1, 0.15) is 62.6 Å². The number of hydrogen-bond acceptors (Lipinski definition) is 4. The number of benzene rings is 2. The van der Waals surface area contributed by atoms with Crippen LogP contribution in [0.2, 0.25) is 0 Å². The van der Waals surface area contributed by atoms with Crippen LogP contribution in [0.15, 0.2) is 51.1 Å². The number of rotatable bonds is 11. The van der Waals surface area contributed by atoms with E-state index in [9.17, 15) is 13.7 Å². The molecule has 4 nitrogen and oxygen atoms in total. The monoisotopic (exact) mass is 444 g/mol. The lowest BCUT2D eigenvalue weighted by atomic mass is 10.2. The van der Waals surface area contributed by atoms with E-state index in [0.717, 1.165) is 48.1 Å². The maximum atomic E-state index is 13.6. The molecule has 2 aromatic rings. The molecule has 0 amide bonds. The number of aryl methyl sites for hydroxylation is 2. The average Bonchev–Trinajstić information content (AvgIpc) is 2.73. The highest BCUT2D eigenvalue weighted by Gasteiger charge is 2.27. The molecule has 0 heterocycles. The summed E-state index contributed by atoms with van der Waals surface area (Å²) in [6.45, 7) is 9.19. The fourth-order valence-electron chi connectivity index (χ4n) is 3.25. The first-order valence-electron chi connectivity index (χ1n) is 10.6. The summed E-state index contributed by atoms with van der Waals surface area (Å²) in [7, 11) is -3.70. The van der Waals surface area contributed by atoms with E-state index in [1.165, 1.54) is 17.8 Å². The molecule has 0 radical (unpaired) electrons. The molecule has 2 rings (SSSR count). The van der Waals surface area contributed by atoms with Gasteiger partial charge in [0.1, 0.15) is 0 Å². The Morgan fingerprint density at radius 3 is 2.37 bits per heavy atom. The molecule has 0 aliphatic heterocycles. The predicted octanol–water partition coefficient (Wildman–Crippen LogP) is 6.31. The zero-order valence-electron chi connectivity index (χ0n) is 18.4. The van der Waals surface area contributed by atoms with Crippen molar-refractivity contribution in [1.82, 2.24) is 4.31 Å². The number of nitriles is 1. The number of nitrogens with zero attached hydrogens (tertiary/aromatic N) is 2. The van der Waals surface area contributed by atoms with Gasteiger partial charge in [0.05, 0.1) is 16.5 Å². The van der Waals surface area contributed by atoms with Gasteiger partial charge >= 0.3 is 0 Å². The Kier molecular flexibility index (Phi) is 9.41. The highest BCUT2D eigenvalue weighted by Crippen LogP contribution is 2.37. The maximum Gasteiger partial charge on any atom is 0.244 e. The Labute approximate surface area is 186 Å². The Morgan fingerprint density at radius 2 is 1.70 bits per heavy atom. The van der Waals surface area contributed by atoms with Crippen LogP contribution in [0.3, 0.4) is 0 Å². The third-order valence-electron chi connectivity index (χ3n) is 4.99. The number of hydrogen-bond donors (Lipinski definition) is 0. The molecular formula is C24H32N2O2S2. The summed E-state index contributed by atoms with van der Waals surface area (Å²) in [5, 5.41) is 9.37. The van der Waals surface area contributed by atoms with Crippen molar-refractivity contribution < 1.29 is 8.42 Å². The van der Waals surface area contributed by atoms with Gasteiger partial charge in [-0.3, -0.25) is 0 Å². The van der Waals surface area contributed by atoms with Crippen molar-refractivity contribution in [3.8, 4) is 6.07 Å². The number of sulfonamides is 1. The van der Waals surface area contributed by atoms with Gasteiger partial charge in [0.2, 0.25) is 10.0 Å². The lowest BCUT2D eigenvalue weighted by Gasteiger charge is -2.23. The van der Waals surface area contributed by atoms with Gasteiger partial charge in [-0.15, -0.1) is 0 Å². The van der Waals surface area contributed by atoms with Crippen molar-refractivity contribution in [3.05, 3.63) is 53.1 Å². The SMILES string of the molecule is CCCCCCN(CCC)S(=O)(=O)c1cc(C#N)ccc1Sc1cc(C)ccc1C. The molecule has 2 aromatic carbocycles. The van der Waals surface area contributed by atoms with Crippen LogP contribution in [-0.4, -0.2) is 25.8 Å². The Balaban J connectivity index is 2.45. The van der Waals surface area contributed by atoms with Gasteiger partial charge in [-0.25, -0.2) is 8.42 Å². The summed E-state index contributed by atoms with van der Waals surface area (Å²) >= 11 is 1.45. The lowest BCUT2D eigenvalue weighted by Crippen LogP contribution is -2.33. The van der Waals surface area contributed by atoms with E-state index in [-0.39, 0.29) is 4.90 Å². The lowest BCUT2D eigenvalue weighted by molar-refractivity contribution is 0.396. The summed E-state index contributed by atoms with van der Waals surface area (Å²) in [6, 6.07) is 13.2. The van der Waals surface area contributed by atoms with Crippen molar-refractivity contribution in [1.29, 1.82) is 5.26 Å². The first kappa shape index (κ1) is 24.5. The smallest absolute Gasteiger partial charge is 0.207 e. The van der Waals surface area contributed by atoms with Gasteiger partial charge in [-0.05, 0) is 62.1 Å². The predicted molar refractivity (Wildman–Crippen MR) is 124 cm³/mol. The van der Waals surface area contributed by atoms with Crippen LogP contribution < -0.4 is 0 Å². The van der Waals surface area contributed by atoms with Crippen LogP contribution >= 0.6 is 11.8 Å². The Morgan fingerprint density at radius 1 is 0.933 bits per heavy atom. The maximum absolute atomic E-state index is 13.6. The van der Waals surface area contributed by atoms with Crippen LogP contribution in [0.5, 0.6) is 0 Å². The molecule has 0 aliphatic carbocycles. The third-order valence-corrected chi connectivity index (χ3v) is 8.29. The van der Waals surface area contributed by atoms with E-state index in [4.69, 9.17) is 0 Å². The molecule has 0 saturated heterocycles. The molecule has 30 heavy (non-hydrogen) atoms. The largest absolute Gasteiger partial charge is 0.244 e. The fraction of sp³-hybridized carbons (Fsp3) is 0.458. The number of unbranched alkanes of at least 4 members (excludes halogenated alkanes) is 3. The van der Waals surface area contributed by atoms with Gasteiger partial charge in [0.15, 0.2) is 0 Å². The fourth-order valence-corrected chi connectivity index (χ4v) is 6.37. The third kappa shape index (κ3) is 6.34. The van der Waals surface area contributed by atoms with E-state index in [0.29, 0.717) is 23.5 Å².